The van der Waals surface area contributed by atoms with Crippen molar-refractivity contribution >= 4 is 11.9 Å². The topological polar surface area (TPSA) is 85.4 Å². The van der Waals surface area contributed by atoms with Crippen molar-refractivity contribution in [1.82, 2.24) is 0 Å². The molecule has 0 aromatic heterocycles. The molecule has 0 aliphatic carbocycles. The number of rotatable bonds is 5. The van der Waals surface area contributed by atoms with E-state index in [0.717, 1.165) is 5.56 Å². The zero-order valence-electron chi connectivity index (χ0n) is 9.66. The molecular formula is C12H12O6. The summed E-state index contributed by atoms with van der Waals surface area (Å²) in [5.74, 6) is -1.10. The highest BCUT2D eigenvalue weighted by Gasteiger charge is 2.51. The molecule has 0 bridgehead atoms. The maximum Gasteiger partial charge on any atom is 0.339 e. The van der Waals surface area contributed by atoms with Gasteiger partial charge in [-0.25, -0.2) is 9.59 Å². The van der Waals surface area contributed by atoms with Gasteiger partial charge in [0.15, 0.2) is 12.2 Å². The molecule has 1 aromatic carbocycles. The molecule has 1 fully saturated rings. The molecule has 1 heterocycles. The number of esters is 1. The molecule has 1 N–H and O–H groups in total. The van der Waals surface area contributed by atoms with E-state index in [1.165, 1.54) is 0 Å². The average molecular weight is 252 g/mol. The summed E-state index contributed by atoms with van der Waals surface area (Å²) in [6.45, 7) is 0.0784. The van der Waals surface area contributed by atoms with Gasteiger partial charge in [-0.2, -0.15) is 0 Å². The van der Waals surface area contributed by atoms with Crippen molar-refractivity contribution in [2.45, 2.75) is 18.8 Å². The Bertz CT molecular complexity index is 452. The van der Waals surface area contributed by atoms with Gasteiger partial charge in [-0.15, -0.1) is 0 Å². The van der Waals surface area contributed by atoms with Gasteiger partial charge in [-0.05, 0) is 17.7 Å². The molecule has 1 saturated heterocycles. The van der Waals surface area contributed by atoms with Gasteiger partial charge in [-0.1, -0.05) is 12.1 Å². The highest BCUT2D eigenvalue weighted by atomic mass is 16.7. The Kier molecular flexibility index (Phi) is 3.47. The van der Waals surface area contributed by atoms with Crippen molar-refractivity contribution in [3.8, 4) is 5.75 Å². The number of carboxylic acids is 1. The van der Waals surface area contributed by atoms with Crippen LogP contribution >= 0.6 is 0 Å². The van der Waals surface area contributed by atoms with Crippen LogP contribution in [0.2, 0.25) is 0 Å². The van der Waals surface area contributed by atoms with E-state index in [4.69, 9.17) is 14.6 Å². The molecule has 0 amide bonds. The van der Waals surface area contributed by atoms with E-state index in [2.05, 4.69) is 4.74 Å². The Hall–Kier alpha value is -2.08. The number of methoxy groups -OCH3 is 1. The van der Waals surface area contributed by atoms with Gasteiger partial charge in [0.05, 0.1) is 7.11 Å². The van der Waals surface area contributed by atoms with Crippen molar-refractivity contribution in [2.75, 3.05) is 7.11 Å². The number of carboxylic acid groups (broad SMARTS) is 1. The second-order valence-electron chi connectivity index (χ2n) is 3.77. The summed E-state index contributed by atoms with van der Waals surface area (Å²) in [6.07, 6.45) is -2.03. The number of carbonyl (C=O) groups excluding carboxylic acids is 1. The maximum absolute atomic E-state index is 11.4. The summed E-state index contributed by atoms with van der Waals surface area (Å²) < 4.78 is 14.6. The van der Waals surface area contributed by atoms with Crippen molar-refractivity contribution in [3.05, 3.63) is 29.8 Å². The Morgan fingerprint density at radius 2 is 1.94 bits per heavy atom. The van der Waals surface area contributed by atoms with Gasteiger partial charge in [0.2, 0.25) is 0 Å². The SMILES string of the molecule is COc1ccc(COC(=O)C2OC2C(=O)O)cc1. The Morgan fingerprint density at radius 3 is 2.44 bits per heavy atom. The summed E-state index contributed by atoms with van der Waals surface area (Å²) >= 11 is 0. The predicted octanol–water partition coefficient (Wildman–Crippen LogP) is 0.590. The van der Waals surface area contributed by atoms with E-state index >= 15 is 0 Å². The fraction of sp³-hybridized carbons (Fsp3) is 0.333. The van der Waals surface area contributed by atoms with Crippen LogP contribution in [0, 0.1) is 0 Å². The lowest BCUT2D eigenvalue weighted by molar-refractivity contribution is -0.147. The van der Waals surface area contributed by atoms with Crippen LogP contribution in [0.3, 0.4) is 0 Å². The lowest BCUT2D eigenvalue weighted by Crippen LogP contribution is -2.18. The minimum atomic E-state index is -1.15. The molecule has 1 aliphatic rings. The first-order chi connectivity index (χ1) is 8.61. The standard InChI is InChI=1S/C12H12O6/c1-16-8-4-2-7(3-5-8)6-17-12(15)10-9(18-10)11(13)14/h2-5,9-10H,6H2,1H3,(H,13,14). The van der Waals surface area contributed by atoms with E-state index < -0.39 is 24.1 Å². The fourth-order valence-electron chi connectivity index (χ4n) is 1.44. The molecule has 2 rings (SSSR count). The summed E-state index contributed by atoms with van der Waals surface area (Å²) in [5, 5.41) is 8.57. The van der Waals surface area contributed by atoms with Crippen LogP contribution in [0.25, 0.3) is 0 Å². The van der Waals surface area contributed by atoms with E-state index in [1.54, 1.807) is 31.4 Å². The molecule has 1 aliphatic heterocycles. The van der Waals surface area contributed by atoms with Gasteiger partial charge < -0.3 is 19.3 Å². The van der Waals surface area contributed by atoms with Crippen LogP contribution in [0.15, 0.2) is 24.3 Å². The van der Waals surface area contributed by atoms with E-state index in [9.17, 15) is 9.59 Å². The molecule has 18 heavy (non-hydrogen) atoms. The molecule has 6 heteroatoms. The fourth-order valence-corrected chi connectivity index (χ4v) is 1.44. The Labute approximate surface area is 103 Å². The molecule has 2 atom stereocenters. The molecule has 2 unspecified atom stereocenters. The quantitative estimate of drug-likeness (QED) is 0.609. The number of carbonyl (C=O) groups is 2. The third kappa shape index (κ3) is 2.78. The molecule has 96 valence electrons. The summed E-state index contributed by atoms with van der Waals surface area (Å²) in [6, 6.07) is 7.01. The number of benzene rings is 1. The molecule has 0 saturated carbocycles. The normalized spacial score (nSPS) is 21.2. The lowest BCUT2D eigenvalue weighted by atomic mass is 10.2. The second kappa shape index (κ2) is 5.05. The van der Waals surface area contributed by atoms with Crippen LogP contribution < -0.4 is 4.74 Å². The summed E-state index contributed by atoms with van der Waals surface area (Å²) in [5.41, 5.74) is 0.789. The highest BCUT2D eigenvalue weighted by Crippen LogP contribution is 2.24. The van der Waals surface area contributed by atoms with Crippen LogP contribution in [0.1, 0.15) is 5.56 Å². The van der Waals surface area contributed by atoms with Gasteiger partial charge in [0.1, 0.15) is 12.4 Å². The van der Waals surface area contributed by atoms with E-state index in [0.29, 0.717) is 5.75 Å². The minimum absolute atomic E-state index is 0.0784. The van der Waals surface area contributed by atoms with E-state index in [1.807, 2.05) is 0 Å². The average Bonchev–Trinajstić information content (AvgIpc) is 3.17. The van der Waals surface area contributed by atoms with Gasteiger partial charge in [-0.3, -0.25) is 0 Å². The number of epoxide rings is 1. The molecule has 0 spiro atoms. The highest BCUT2D eigenvalue weighted by molar-refractivity contribution is 5.88. The van der Waals surface area contributed by atoms with Crippen LogP contribution in [-0.4, -0.2) is 36.4 Å². The van der Waals surface area contributed by atoms with Gasteiger partial charge in [0, 0.05) is 0 Å². The van der Waals surface area contributed by atoms with Crippen LogP contribution in [0.4, 0.5) is 0 Å². The number of hydrogen-bond donors (Lipinski definition) is 1. The monoisotopic (exact) mass is 252 g/mol. The smallest absolute Gasteiger partial charge is 0.339 e. The summed E-state index contributed by atoms with van der Waals surface area (Å²) in [4.78, 5) is 21.9. The third-order valence-corrected chi connectivity index (χ3v) is 2.51. The largest absolute Gasteiger partial charge is 0.497 e. The number of hydrogen-bond acceptors (Lipinski definition) is 5. The van der Waals surface area contributed by atoms with Crippen molar-refractivity contribution < 1.29 is 28.9 Å². The number of ether oxygens (including phenoxy) is 3. The molecule has 6 nitrogen and oxygen atoms in total. The Balaban J connectivity index is 1.81. The lowest BCUT2D eigenvalue weighted by Gasteiger charge is -2.04. The zero-order chi connectivity index (χ0) is 13.1. The second-order valence-corrected chi connectivity index (χ2v) is 3.77. The Morgan fingerprint density at radius 1 is 1.28 bits per heavy atom. The van der Waals surface area contributed by atoms with Crippen molar-refractivity contribution in [3.63, 3.8) is 0 Å². The minimum Gasteiger partial charge on any atom is -0.497 e. The first-order valence-electron chi connectivity index (χ1n) is 5.29. The number of aliphatic carboxylic acids is 1. The predicted molar refractivity (Wildman–Crippen MR) is 59.1 cm³/mol. The molecule has 1 aromatic rings. The molecular weight excluding hydrogens is 240 g/mol. The third-order valence-electron chi connectivity index (χ3n) is 2.51. The van der Waals surface area contributed by atoms with Gasteiger partial charge in [0.25, 0.3) is 0 Å². The van der Waals surface area contributed by atoms with Crippen molar-refractivity contribution in [1.29, 1.82) is 0 Å². The zero-order valence-corrected chi connectivity index (χ0v) is 9.66. The van der Waals surface area contributed by atoms with Gasteiger partial charge >= 0.3 is 11.9 Å². The first kappa shape index (κ1) is 12.4. The van der Waals surface area contributed by atoms with Crippen LogP contribution in [0.5, 0.6) is 5.75 Å². The molecule has 0 radical (unpaired) electrons. The van der Waals surface area contributed by atoms with Crippen molar-refractivity contribution in [2.24, 2.45) is 0 Å². The van der Waals surface area contributed by atoms with E-state index in [-0.39, 0.29) is 6.61 Å². The van der Waals surface area contributed by atoms with Crippen LogP contribution in [-0.2, 0) is 25.7 Å². The maximum atomic E-state index is 11.4. The first-order valence-corrected chi connectivity index (χ1v) is 5.29. The summed E-state index contributed by atoms with van der Waals surface area (Å²) in [7, 11) is 1.56.